The summed E-state index contributed by atoms with van der Waals surface area (Å²) in [4.78, 5) is 49.3. The minimum absolute atomic E-state index is 0.114. The Morgan fingerprint density at radius 3 is 2.49 bits per heavy atom. The molecule has 1 atom stereocenters. The second-order valence-electron chi connectivity index (χ2n) is 13.4. The molecule has 3 heterocycles. The molecule has 3 N–H and O–H groups in total. The van der Waals surface area contributed by atoms with Gasteiger partial charge in [0.1, 0.15) is 0 Å². The summed E-state index contributed by atoms with van der Waals surface area (Å²) in [5.41, 5.74) is 6.60. The number of hydrogen-bond donors (Lipinski definition) is 3. The summed E-state index contributed by atoms with van der Waals surface area (Å²) >= 11 is 0. The lowest BCUT2D eigenvalue weighted by Crippen LogP contribution is -2.42. The number of carbonyl (C=O) groups is 2. The normalized spacial score (nSPS) is 18.8. The van der Waals surface area contributed by atoms with Gasteiger partial charge in [0.2, 0.25) is 5.91 Å². The molecule has 2 amide bonds. The molecule has 8 heteroatoms. The highest BCUT2D eigenvalue weighted by molar-refractivity contribution is 6.04. The fraction of sp³-hybridized carbons (Fsp3) is 0.568. The van der Waals surface area contributed by atoms with Gasteiger partial charge in [0.25, 0.3) is 11.5 Å². The Labute approximate surface area is 268 Å². The molecule has 0 radical (unpaired) electrons. The lowest BCUT2D eigenvalue weighted by molar-refractivity contribution is -0.135. The second-order valence-corrected chi connectivity index (χ2v) is 13.4. The maximum absolute atomic E-state index is 13.8. The van der Waals surface area contributed by atoms with Crippen LogP contribution in [-0.4, -0.2) is 60.6 Å². The lowest BCUT2D eigenvalue weighted by Gasteiger charge is -2.32. The van der Waals surface area contributed by atoms with E-state index in [4.69, 9.17) is 4.99 Å². The largest absolute Gasteiger partial charge is 0.348 e. The van der Waals surface area contributed by atoms with Crippen LogP contribution in [0.3, 0.4) is 0 Å². The molecule has 45 heavy (non-hydrogen) atoms. The standard InChI is InChI=1S/C37H51N5O3/c1-5-27(28-8-6-7-9-28)21-39-22-33-25(3)19-31(29-12-16-42(17-13-29)37(45)30-10-14-38-15-11-30)20-32(33)35(43)40-23-34-24(2)18-26(4)41-36(34)44/h12,18-20,22,27-28,30,38H,5-11,13-17,21,23H2,1-4H3,(H,40,43)(H,41,44). The maximum Gasteiger partial charge on any atom is 0.253 e. The molecule has 2 fully saturated rings. The van der Waals surface area contributed by atoms with Crippen molar-refractivity contribution in [3.8, 4) is 0 Å². The van der Waals surface area contributed by atoms with E-state index in [2.05, 4.69) is 34.7 Å². The first kappa shape index (κ1) is 32.9. The first-order valence-electron chi connectivity index (χ1n) is 17.1. The van der Waals surface area contributed by atoms with E-state index in [1.165, 1.54) is 25.7 Å². The number of aromatic nitrogens is 1. The van der Waals surface area contributed by atoms with Crippen molar-refractivity contribution >= 4 is 23.6 Å². The lowest BCUT2D eigenvalue weighted by atomic mass is 9.88. The number of hydrogen-bond acceptors (Lipinski definition) is 5. The Bertz CT molecular complexity index is 1490. The van der Waals surface area contributed by atoms with Crippen LogP contribution >= 0.6 is 0 Å². The van der Waals surface area contributed by atoms with Gasteiger partial charge in [0, 0.05) is 60.7 Å². The molecule has 1 saturated heterocycles. The van der Waals surface area contributed by atoms with Gasteiger partial charge >= 0.3 is 0 Å². The predicted molar refractivity (Wildman–Crippen MR) is 182 cm³/mol. The molecule has 0 bridgehead atoms. The molecule has 8 nitrogen and oxygen atoms in total. The first-order valence-corrected chi connectivity index (χ1v) is 17.1. The predicted octanol–water partition coefficient (Wildman–Crippen LogP) is 5.48. The van der Waals surface area contributed by atoms with Crippen LogP contribution in [0.1, 0.15) is 102 Å². The molecule has 1 saturated carbocycles. The summed E-state index contributed by atoms with van der Waals surface area (Å²) in [6.45, 7) is 12.1. The Morgan fingerprint density at radius 1 is 1.07 bits per heavy atom. The maximum atomic E-state index is 13.8. The second kappa shape index (κ2) is 15.2. The first-order chi connectivity index (χ1) is 21.7. The summed E-state index contributed by atoms with van der Waals surface area (Å²) < 4.78 is 0. The molecule has 242 valence electrons. The van der Waals surface area contributed by atoms with E-state index in [1.807, 2.05) is 44.0 Å². The van der Waals surface area contributed by atoms with Crippen molar-refractivity contribution in [2.75, 3.05) is 32.7 Å². The van der Waals surface area contributed by atoms with Crippen LogP contribution in [0.5, 0.6) is 0 Å². The number of aromatic amines is 1. The van der Waals surface area contributed by atoms with Crippen molar-refractivity contribution in [2.45, 2.75) is 85.6 Å². The molecule has 1 aromatic carbocycles. The average molecular weight is 614 g/mol. The van der Waals surface area contributed by atoms with Crippen molar-refractivity contribution in [3.05, 3.63) is 73.7 Å². The molecule has 2 aliphatic heterocycles. The molecule has 0 spiro atoms. The SMILES string of the molecule is CCC(CN=Cc1c(C)cc(C2=CCN(C(=O)C3CCNCC3)CC2)cc1C(=O)NCc1c(C)cc(C)[nH]c1=O)C1CCCC1. The smallest absolute Gasteiger partial charge is 0.253 e. The molecular weight excluding hydrogens is 562 g/mol. The number of H-pyrrole nitrogens is 1. The van der Waals surface area contributed by atoms with Gasteiger partial charge in [-0.25, -0.2) is 0 Å². The molecule has 2 aromatic rings. The molecule has 5 rings (SSSR count). The molecule has 1 aliphatic carbocycles. The Kier molecular flexibility index (Phi) is 11.1. The van der Waals surface area contributed by atoms with Crippen LogP contribution in [-0.2, 0) is 11.3 Å². The van der Waals surface area contributed by atoms with Gasteiger partial charge in [-0.15, -0.1) is 0 Å². The fourth-order valence-corrected chi connectivity index (χ4v) is 7.49. The van der Waals surface area contributed by atoms with E-state index >= 15 is 0 Å². The van der Waals surface area contributed by atoms with E-state index < -0.39 is 0 Å². The zero-order valence-corrected chi connectivity index (χ0v) is 27.6. The molecule has 1 unspecified atom stereocenters. The number of aliphatic imine (C=N–C) groups is 1. The molecule has 1 aromatic heterocycles. The van der Waals surface area contributed by atoms with Gasteiger partial charge in [-0.3, -0.25) is 19.4 Å². The van der Waals surface area contributed by atoms with E-state index in [0.717, 1.165) is 84.8 Å². The van der Waals surface area contributed by atoms with Gasteiger partial charge in [0.15, 0.2) is 0 Å². The zero-order chi connectivity index (χ0) is 31.9. The van der Waals surface area contributed by atoms with Crippen molar-refractivity contribution in [1.82, 2.24) is 20.5 Å². The van der Waals surface area contributed by atoms with Crippen LogP contribution in [0.15, 0.2) is 34.1 Å². The van der Waals surface area contributed by atoms with E-state index in [-0.39, 0.29) is 29.8 Å². The Hall–Kier alpha value is -3.52. The minimum Gasteiger partial charge on any atom is -0.348 e. The summed E-state index contributed by atoms with van der Waals surface area (Å²) in [5, 5.41) is 6.37. The third kappa shape index (κ3) is 8.01. The van der Waals surface area contributed by atoms with Gasteiger partial charge in [-0.1, -0.05) is 51.2 Å². The summed E-state index contributed by atoms with van der Waals surface area (Å²) in [6.07, 6.45) is 12.9. The van der Waals surface area contributed by atoms with Crippen LogP contribution in [0.4, 0.5) is 0 Å². The summed E-state index contributed by atoms with van der Waals surface area (Å²) in [7, 11) is 0. The van der Waals surface area contributed by atoms with Gasteiger partial charge in [-0.2, -0.15) is 0 Å². The summed E-state index contributed by atoms with van der Waals surface area (Å²) in [5.74, 6) is 1.47. The number of piperidine rings is 1. The van der Waals surface area contributed by atoms with Gasteiger partial charge in [0.05, 0.1) is 0 Å². The topological polar surface area (TPSA) is 107 Å². The van der Waals surface area contributed by atoms with E-state index in [0.29, 0.717) is 30.1 Å². The highest BCUT2D eigenvalue weighted by atomic mass is 16.2. The number of aryl methyl sites for hydroxylation is 3. The number of nitrogens with one attached hydrogen (secondary N) is 3. The number of amides is 2. The van der Waals surface area contributed by atoms with E-state index in [1.54, 1.807) is 0 Å². The average Bonchev–Trinajstić information content (AvgIpc) is 3.58. The highest BCUT2D eigenvalue weighted by Crippen LogP contribution is 2.33. The zero-order valence-electron chi connectivity index (χ0n) is 27.6. The number of carbonyl (C=O) groups excluding carboxylic acids is 2. The van der Waals surface area contributed by atoms with Crippen molar-refractivity contribution in [2.24, 2.45) is 22.7 Å². The Balaban J connectivity index is 1.38. The van der Waals surface area contributed by atoms with Crippen LogP contribution < -0.4 is 16.2 Å². The van der Waals surface area contributed by atoms with Gasteiger partial charge in [-0.05, 0) is 99.4 Å². The molecule has 3 aliphatic rings. The quantitative estimate of drug-likeness (QED) is 0.309. The minimum atomic E-state index is -0.220. The molecular formula is C37H51N5O3. The van der Waals surface area contributed by atoms with Crippen LogP contribution in [0.2, 0.25) is 0 Å². The van der Waals surface area contributed by atoms with Crippen molar-refractivity contribution < 1.29 is 9.59 Å². The highest BCUT2D eigenvalue weighted by Gasteiger charge is 2.28. The van der Waals surface area contributed by atoms with E-state index in [9.17, 15) is 14.4 Å². The number of pyridine rings is 1. The number of benzene rings is 1. The van der Waals surface area contributed by atoms with Crippen LogP contribution in [0, 0.1) is 38.5 Å². The van der Waals surface area contributed by atoms with Crippen molar-refractivity contribution in [1.29, 1.82) is 0 Å². The number of nitrogens with zero attached hydrogens (tertiary/aromatic N) is 2. The monoisotopic (exact) mass is 613 g/mol. The van der Waals surface area contributed by atoms with Gasteiger partial charge < -0.3 is 20.5 Å². The summed E-state index contributed by atoms with van der Waals surface area (Å²) in [6, 6.07) is 6.05. The third-order valence-electron chi connectivity index (χ3n) is 10.3. The third-order valence-corrected chi connectivity index (χ3v) is 10.3. The van der Waals surface area contributed by atoms with Crippen molar-refractivity contribution in [3.63, 3.8) is 0 Å². The fourth-order valence-electron chi connectivity index (χ4n) is 7.49. The van der Waals surface area contributed by atoms with Crippen LogP contribution in [0.25, 0.3) is 5.57 Å². The Morgan fingerprint density at radius 2 is 1.82 bits per heavy atom. The number of rotatable bonds is 10.